The van der Waals surface area contributed by atoms with Crippen LogP contribution in [0.4, 0.5) is 0 Å². The molecule has 0 N–H and O–H groups in total. The first-order chi connectivity index (χ1) is 8.45. The molecule has 0 unspecified atom stereocenters. The molecule has 0 fully saturated rings. The van der Waals surface area contributed by atoms with E-state index in [-0.39, 0.29) is 4.34 Å². The molecular formula is C11H11BrN2O2S2. The van der Waals surface area contributed by atoms with Gasteiger partial charge in [-0.25, -0.2) is 8.42 Å². The van der Waals surface area contributed by atoms with Crippen LogP contribution >= 0.6 is 27.3 Å². The lowest BCUT2D eigenvalue weighted by molar-refractivity contribution is 0.600. The molecule has 18 heavy (non-hydrogen) atoms. The second kappa shape index (κ2) is 5.46. The monoisotopic (exact) mass is 346 g/mol. The second-order valence-corrected chi connectivity index (χ2v) is 8.03. The van der Waals surface area contributed by atoms with Gasteiger partial charge in [0.1, 0.15) is 5.01 Å². The van der Waals surface area contributed by atoms with Crippen LogP contribution in [0.25, 0.3) is 0 Å². The summed E-state index contributed by atoms with van der Waals surface area (Å²) in [6, 6.07) is 8.01. The third-order valence-electron chi connectivity index (χ3n) is 2.28. The summed E-state index contributed by atoms with van der Waals surface area (Å²) in [5.41, 5.74) is 1.18. The van der Waals surface area contributed by atoms with Crippen molar-refractivity contribution in [2.45, 2.75) is 17.2 Å². The van der Waals surface area contributed by atoms with Gasteiger partial charge < -0.3 is 0 Å². The Morgan fingerprint density at radius 3 is 2.67 bits per heavy atom. The molecule has 96 valence electrons. The Bertz CT molecular complexity index is 653. The van der Waals surface area contributed by atoms with E-state index < -0.39 is 9.84 Å². The fourth-order valence-corrected chi connectivity index (χ4v) is 3.53. The lowest BCUT2D eigenvalue weighted by Gasteiger charge is -1.99. The number of hydrogen-bond acceptors (Lipinski definition) is 5. The molecule has 4 nitrogen and oxygen atoms in total. The van der Waals surface area contributed by atoms with Crippen LogP contribution in [-0.4, -0.2) is 24.9 Å². The summed E-state index contributed by atoms with van der Waals surface area (Å²) in [6.07, 6.45) is 2.66. The summed E-state index contributed by atoms with van der Waals surface area (Å²) in [5.74, 6) is 0. The lowest BCUT2D eigenvalue weighted by Crippen LogP contribution is -1.95. The number of rotatable bonds is 4. The quantitative estimate of drug-likeness (QED) is 0.853. The third kappa shape index (κ3) is 3.60. The van der Waals surface area contributed by atoms with Gasteiger partial charge in [-0.15, -0.1) is 10.2 Å². The van der Waals surface area contributed by atoms with Crippen molar-refractivity contribution >= 4 is 37.1 Å². The highest BCUT2D eigenvalue weighted by atomic mass is 79.9. The van der Waals surface area contributed by atoms with E-state index in [4.69, 9.17) is 0 Å². The molecule has 0 spiro atoms. The summed E-state index contributed by atoms with van der Waals surface area (Å²) < 4.78 is 23.7. The van der Waals surface area contributed by atoms with Crippen molar-refractivity contribution < 1.29 is 8.42 Å². The van der Waals surface area contributed by atoms with E-state index in [1.807, 2.05) is 24.3 Å². The Balaban J connectivity index is 2.05. The van der Waals surface area contributed by atoms with Gasteiger partial charge in [-0.2, -0.15) is 0 Å². The second-order valence-electron chi connectivity index (χ2n) is 3.86. The molecule has 0 aliphatic carbocycles. The van der Waals surface area contributed by atoms with Crippen LogP contribution < -0.4 is 0 Å². The Morgan fingerprint density at radius 1 is 1.28 bits per heavy atom. The predicted octanol–water partition coefficient (Wildman–Crippen LogP) is 2.49. The highest BCUT2D eigenvalue weighted by molar-refractivity contribution is 9.10. The Kier molecular flexibility index (Phi) is 4.14. The van der Waals surface area contributed by atoms with Gasteiger partial charge in [0.05, 0.1) is 0 Å². The minimum atomic E-state index is -3.23. The number of aryl methyl sites for hydroxylation is 2. The number of hydrogen-bond donors (Lipinski definition) is 0. The van der Waals surface area contributed by atoms with E-state index in [0.29, 0.717) is 6.42 Å². The van der Waals surface area contributed by atoms with Crippen LogP contribution in [0.1, 0.15) is 10.6 Å². The topological polar surface area (TPSA) is 59.9 Å². The molecule has 0 radical (unpaired) electrons. The van der Waals surface area contributed by atoms with E-state index in [0.717, 1.165) is 33.5 Å². The van der Waals surface area contributed by atoms with Crippen LogP contribution in [0.15, 0.2) is 33.1 Å². The molecule has 0 bridgehead atoms. The molecule has 0 saturated carbocycles. The van der Waals surface area contributed by atoms with Crippen LogP contribution in [0.2, 0.25) is 0 Å². The zero-order chi connectivity index (χ0) is 13.2. The van der Waals surface area contributed by atoms with Gasteiger partial charge in [-0.05, 0) is 24.1 Å². The SMILES string of the molecule is CS(=O)(=O)c1nnc(CCc2cccc(Br)c2)s1. The van der Waals surface area contributed by atoms with Gasteiger partial charge in [-0.3, -0.25) is 0 Å². The van der Waals surface area contributed by atoms with Crippen molar-refractivity contribution in [2.24, 2.45) is 0 Å². The van der Waals surface area contributed by atoms with Crippen LogP contribution in [0.3, 0.4) is 0 Å². The van der Waals surface area contributed by atoms with Gasteiger partial charge in [0, 0.05) is 17.1 Å². The minimum absolute atomic E-state index is 0.0896. The van der Waals surface area contributed by atoms with Gasteiger partial charge in [0.2, 0.25) is 14.2 Å². The largest absolute Gasteiger partial charge is 0.232 e. The van der Waals surface area contributed by atoms with Crippen LogP contribution in [0.5, 0.6) is 0 Å². The highest BCUT2D eigenvalue weighted by Gasteiger charge is 2.14. The fraction of sp³-hybridized carbons (Fsp3) is 0.273. The first-order valence-electron chi connectivity index (χ1n) is 5.22. The highest BCUT2D eigenvalue weighted by Crippen LogP contribution is 2.18. The zero-order valence-corrected chi connectivity index (χ0v) is 12.8. The molecule has 0 saturated heterocycles. The summed E-state index contributed by atoms with van der Waals surface area (Å²) in [5, 5.41) is 8.33. The number of nitrogens with zero attached hydrogens (tertiary/aromatic N) is 2. The molecule has 7 heteroatoms. The van der Waals surface area contributed by atoms with Gasteiger partial charge in [0.25, 0.3) is 0 Å². The molecule has 1 heterocycles. The number of halogens is 1. The Morgan fingerprint density at radius 2 is 2.06 bits per heavy atom. The first-order valence-corrected chi connectivity index (χ1v) is 8.72. The average Bonchev–Trinajstić information content (AvgIpc) is 2.74. The van der Waals surface area contributed by atoms with Crippen molar-refractivity contribution in [1.29, 1.82) is 0 Å². The molecule has 2 rings (SSSR count). The smallest absolute Gasteiger partial charge is 0.221 e. The summed E-state index contributed by atoms with van der Waals surface area (Å²) >= 11 is 4.56. The summed E-state index contributed by atoms with van der Waals surface area (Å²) in [4.78, 5) is 0. The van der Waals surface area contributed by atoms with Gasteiger partial charge >= 0.3 is 0 Å². The van der Waals surface area contributed by atoms with Gasteiger partial charge in [-0.1, -0.05) is 39.4 Å². The van der Waals surface area contributed by atoms with Gasteiger partial charge in [0.15, 0.2) is 0 Å². The van der Waals surface area contributed by atoms with Crippen LogP contribution in [-0.2, 0) is 22.7 Å². The van der Waals surface area contributed by atoms with E-state index >= 15 is 0 Å². The van der Waals surface area contributed by atoms with Crippen molar-refractivity contribution in [3.05, 3.63) is 39.3 Å². The first kappa shape index (κ1) is 13.6. The minimum Gasteiger partial charge on any atom is -0.221 e. The van der Waals surface area contributed by atoms with E-state index in [1.54, 1.807) is 0 Å². The van der Waals surface area contributed by atoms with E-state index in [1.165, 1.54) is 5.56 Å². The predicted molar refractivity (Wildman–Crippen MR) is 74.6 cm³/mol. The number of aromatic nitrogens is 2. The number of sulfone groups is 1. The molecular weight excluding hydrogens is 336 g/mol. The van der Waals surface area contributed by atoms with Crippen molar-refractivity contribution in [2.75, 3.05) is 6.26 Å². The van der Waals surface area contributed by atoms with Crippen molar-refractivity contribution in [1.82, 2.24) is 10.2 Å². The van der Waals surface area contributed by atoms with Crippen LogP contribution in [0, 0.1) is 0 Å². The van der Waals surface area contributed by atoms with Crippen molar-refractivity contribution in [3.8, 4) is 0 Å². The standard InChI is InChI=1S/C11H11BrN2O2S2/c1-18(15,16)11-14-13-10(17-11)6-5-8-3-2-4-9(12)7-8/h2-4,7H,5-6H2,1H3. The van der Waals surface area contributed by atoms with Crippen molar-refractivity contribution in [3.63, 3.8) is 0 Å². The summed E-state index contributed by atoms with van der Waals surface area (Å²) in [7, 11) is -3.23. The molecule has 0 amide bonds. The maximum Gasteiger partial charge on any atom is 0.232 e. The summed E-state index contributed by atoms with van der Waals surface area (Å²) in [6.45, 7) is 0. The molecule has 0 aliphatic heterocycles. The maximum absolute atomic E-state index is 11.3. The molecule has 0 aliphatic rings. The van der Waals surface area contributed by atoms with E-state index in [9.17, 15) is 8.42 Å². The molecule has 1 aromatic heterocycles. The van der Waals surface area contributed by atoms with E-state index in [2.05, 4.69) is 26.1 Å². The fourth-order valence-electron chi connectivity index (χ4n) is 1.43. The third-order valence-corrected chi connectivity index (χ3v) is 5.43. The zero-order valence-electron chi connectivity index (χ0n) is 9.63. The Hall–Kier alpha value is -0.790. The Labute approximate surface area is 118 Å². The average molecular weight is 347 g/mol. The number of benzene rings is 1. The lowest BCUT2D eigenvalue weighted by atomic mass is 10.1. The normalized spacial score (nSPS) is 11.7. The maximum atomic E-state index is 11.3. The molecule has 1 aromatic carbocycles. The molecule has 0 atom stereocenters. The molecule has 2 aromatic rings.